The van der Waals surface area contributed by atoms with Gasteiger partial charge in [0.2, 0.25) is 0 Å². The fourth-order valence-electron chi connectivity index (χ4n) is 3.14. The lowest BCUT2D eigenvalue weighted by Crippen LogP contribution is -2.17. The van der Waals surface area contributed by atoms with E-state index in [1.807, 2.05) is 19.9 Å². The van der Waals surface area contributed by atoms with Crippen molar-refractivity contribution in [3.63, 3.8) is 0 Å². The predicted molar refractivity (Wildman–Crippen MR) is 109 cm³/mol. The molecule has 3 rings (SSSR count). The van der Waals surface area contributed by atoms with E-state index in [0.29, 0.717) is 28.1 Å². The zero-order valence-electron chi connectivity index (χ0n) is 16.3. The van der Waals surface area contributed by atoms with E-state index in [-0.39, 0.29) is 11.8 Å². The van der Waals surface area contributed by atoms with Crippen molar-refractivity contribution < 1.29 is 18.4 Å². The van der Waals surface area contributed by atoms with Crippen LogP contribution >= 0.6 is 0 Å². The molecule has 0 aliphatic heterocycles. The Morgan fingerprint density at radius 1 is 0.655 bits per heavy atom. The highest BCUT2D eigenvalue weighted by Crippen LogP contribution is 2.31. The normalized spacial score (nSPS) is 10.5. The average molecular weight is 394 g/mol. The van der Waals surface area contributed by atoms with Crippen LogP contribution in [0.2, 0.25) is 0 Å². The van der Waals surface area contributed by atoms with Gasteiger partial charge in [0.05, 0.1) is 0 Å². The number of nitrogens with one attached hydrogen (secondary N) is 2. The van der Waals surface area contributed by atoms with E-state index in [9.17, 15) is 18.4 Å². The van der Waals surface area contributed by atoms with Crippen LogP contribution in [0, 0.1) is 32.4 Å². The molecule has 0 radical (unpaired) electrons. The number of carbonyl (C=O) groups is 2. The molecule has 4 nitrogen and oxygen atoms in total. The van der Waals surface area contributed by atoms with E-state index in [1.165, 1.54) is 48.5 Å². The molecule has 3 aromatic rings. The summed E-state index contributed by atoms with van der Waals surface area (Å²) in [6.07, 6.45) is 0. The molecule has 29 heavy (non-hydrogen) atoms. The number of aryl methyl sites for hydroxylation is 2. The maximum absolute atomic E-state index is 13.1. The summed E-state index contributed by atoms with van der Waals surface area (Å²) in [6, 6.07) is 12.4. The van der Waals surface area contributed by atoms with Crippen molar-refractivity contribution in [3.05, 3.63) is 94.0 Å². The van der Waals surface area contributed by atoms with Gasteiger partial charge in [-0.25, -0.2) is 8.78 Å². The Morgan fingerprint density at radius 2 is 1.00 bits per heavy atom. The molecule has 0 unspecified atom stereocenters. The van der Waals surface area contributed by atoms with Crippen LogP contribution in [-0.2, 0) is 0 Å². The van der Waals surface area contributed by atoms with E-state index < -0.39 is 11.6 Å². The van der Waals surface area contributed by atoms with Crippen molar-refractivity contribution in [1.29, 1.82) is 0 Å². The minimum absolute atomic E-state index is 0.322. The summed E-state index contributed by atoms with van der Waals surface area (Å²) in [5.74, 6) is -1.60. The Hall–Kier alpha value is -3.54. The maximum Gasteiger partial charge on any atom is 0.255 e. The lowest BCUT2D eigenvalue weighted by molar-refractivity contribution is 0.101. The van der Waals surface area contributed by atoms with E-state index in [4.69, 9.17) is 0 Å². The first-order valence-corrected chi connectivity index (χ1v) is 9.01. The number of hydrogen-bond donors (Lipinski definition) is 2. The second-order valence-corrected chi connectivity index (χ2v) is 6.81. The Balaban J connectivity index is 1.89. The number of halogens is 2. The molecule has 0 fully saturated rings. The average Bonchev–Trinajstić information content (AvgIpc) is 2.69. The molecule has 0 heterocycles. The quantitative estimate of drug-likeness (QED) is 0.623. The fraction of sp³-hybridized carbons (Fsp3) is 0.130. The van der Waals surface area contributed by atoms with Gasteiger partial charge >= 0.3 is 0 Å². The summed E-state index contributed by atoms with van der Waals surface area (Å²) in [4.78, 5) is 25.1. The third-order valence-corrected chi connectivity index (χ3v) is 4.66. The van der Waals surface area contributed by atoms with Crippen LogP contribution in [0.4, 0.5) is 20.2 Å². The van der Waals surface area contributed by atoms with Gasteiger partial charge in [-0.3, -0.25) is 9.59 Å². The third kappa shape index (κ3) is 4.48. The molecule has 0 saturated heterocycles. The van der Waals surface area contributed by atoms with Gasteiger partial charge in [-0.15, -0.1) is 0 Å². The molecule has 3 aromatic carbocycles. The minimum atomic E-state index is -0.421. The summed E-state index contributed by atoms with van der Waals surface area (Å²) in [7, 11) is 0. The van der Waals surface area contributed by atoms with Crippen LogP contribution in [0.25, 0.3) is 0 Å². The number of rotatable bonds is 4. The van der Waals surface area contributed by atoms with Crippen molar-refractivity contribution in [2.24, 2.45) is 0 Å². The fourth-order valence-corrected chi connectivity index (χ4v) is 3.14. The minimum Gasteiger partial charge on any atom is -0.321 e. The second-order valence-electron chi connectivity index (χ2n) is 6.81. The van der Waals surface area contributed by atoms with Gasteiger partial charge in [-0.1, -0.05) is 6.07 Å². The van der Waals surface area contributed by atoms with Gasteiger partial charge in [0.1, 0.15) is 11.6 Å². The lowest BCUT2D eigenvalue weighted by atomic mass is 10.0. The molecule has 0 bridgehead atoms. The molecule has 2 amide bonds. The van der Waals surface area contributed by atoms with Crippen LogP contribution in [0.3, 0.4) is 0 Å². The molecule has 0 aliphatic carbocycles. The maximum atomic E-state index is 13.1. The van der Waals surface area contributed by atoms with Crippen molar-refractivity contribution in [3.8, 4) is 0 Å². The van der Waals surface area contributed by atoms with Crippen molar-refractivity contribution in [2.75, 3.05) is 10.6 Å². The van der Waals surface area contributed by atoms with E-state index >= 15 is 0 Å². The topological polar surface area (TPSA) is 58.2 Å². The Bertz CT molecular complexity index is 992. The van der Waals surface area contributed by atoms with Gasteiger partial charge < -0.3 is 10.6 Å². The van der Waals surface area contributed by atoms with Crippen molar-refractivity contribution in [1.82, 2.24) is 0 Å². The van der Waals surface area contributed by atoms with E-state index in [1.54, 1.807) is 6.92 Å². The predicted octanol–water partition coefficient (Wildman–Crippen LogP) is 5.39. The van der Waals surface area contributed by atoms with E-state index in [2.05, 4.69) is 10.6 Å². The first-order valence-electron chi connectivity index (χ1n) is 9.01. The number of hydrogen-bond acceptors (Lipinski definition) is 2. The number of amides is 2. The molecule has 0 saturated carbocycles. The number of carbonyl (C=O) groups excluding carboxylic acids is 2. The summed E-state index contributed by atoms with van der Waals surface area (Å²) in [5, 5.41) is 5.68. The summed E-state index contributed by atoms with van der Waals surface area (Å²) < 4.78 is 26.2. The Kier molecular flexibility index (Phi) is 5.73. The van der Waals surface area contributed by atoms with Gasteiger partial charge in [0, 0.05) is 22.5 Å². The van der Waals surface area contributed by atoms with Crippen LogP contribution in [0.5, 0.6) is 0 Å². The lowest BCUT2D eigenvalue weighted by Gasteiger charge is -2.19. The van der Waals surface area contributed by atoms with Crippen LogP contribution in [0.15, 0.2) is 54.6 Å². The molecule has 2 N–H and O–H groups in total. The zero-order valence-corrected chi connectivity index (χ0v) is 16.3. The molecular weight excluding hydrogens is 374 g/mol. The summed E-state index contributed by atoms with van der Waals surface area (Å²) in [6.45, 7) is 5.50. The largest absolute Gasteiger partial charge is 0.321 e. The second kappa shape index (κ2) is 8.22. The highest BCUT2D eigenvalue weighted by Gasteiger charge is 2.17. The first kappa shape index (κ1) is 20.2. The summed E-state index contributed by atoms with van der Waals surface area (Å²) >= 11 is 0. The zero-order chi connectivity index (χ0) is 21.1. The van der Waals surface area contributed by atoms with Gasteiger partial charge in [0.25, 0.3) is 11.8 Å². The molecule has 148 valence electrons. The van der Waals surface area contributed by atoms with Crippen LogP contribution in [0.1, 0.15) is 37.4 Å². The molecule has 6 heteroatoms. The molecule has 0 aliphatic rings. The Labute approximate surface area is 167 Å². The third-order valence-electron chi connectivity index (χ3n) is 4.66. The molecule has 0 atom stereocenters. The number of anilines is 2. The standard InChI is InChI=1S/C23H20F2N2O2/c1-13-12-14(2)21(27-23(29)17-6-10-19(25)11-7-17)15(3)20(13)26-22(28)16-4-8-18(24)9-5-16/h4-12H,1-3H3,(H,26,28)(H,27,29). The van der Waals surface area contributed by atoms with Crippen molar-refractivity contribution >= 4 is 23.2 Å². The van der Waals surface area contributed by atoms with Crippen molar-refractivity contribution in [2.45, 2.75) is 20.8 Å². The van der Waals surface area contributed by atoms with Crippen LogP contribution < -0.4 is 10.6 Å². The van der Waals surface area contributed by atoms with E-state index in [0.717, 1.165) is 11.1 Å². The molecule has 0 aromatic heterocycles. The molecule has 0 spiro atoms. The highest BCUT2D eigenvalue weighted by molar-refractivity contribution is 6.08. The van der Waals surface area contributed by atoms with Gasteiger partial charge in [0.15, 0.2) is 0 Å². The Morgan fingerprint density at radius 3 is 1.34 bits per heavy atom. The summed E-state index contributed by atoms with van der Waals surface area (Å²) in [5.41, 5.74) is 4.13. The SMILES string of the molecule is Cc1cc(C)c(NC(=O)c2ccc(F)cc2)c(C)c1NC(=O)c1ccc(F)cc1. The number of benzene rings is 3. The van der Waals surface area contributed by atoms with Gasteiger partial charge in [-0.2, -0.15) is 0 Å². The monoisotopic (exact) mass is 394 g/mol. The van der Waals surface area contributed by atoms with Crippen LogP contribution in [-0.4, -0.2) is 11.8 Å². The first-order chi connectivity index (χ1) is 13.8. The van der Waals surface area contributed by atoms with Gasteiger partial charge in [-0.05, 0) is 86.0 Å². The highest BCUT2D eigenvalue weighted by atomic mass is 19.1. The molecular formula is C23H20F2N2O2. The smallest absolute Gasteiger partial charge is 0.255 e.